The highest BCUT2D eigenvalue weighted by molar-refractivity contribution is 5.93. The lowest BCUT2D eigenvalue weighted by Gasteiger charge is -2.08. The van der Waals surface area contributed by atoms with E-state index in [2.05, 4.69) is 15.6 Å². The summed E-state index contributed by atoms with van der Waals surface area (Å²) in [6.45, 7) is 4.73. The lowest BCUT2D eigenvalue weighted by molar-refractivity contribution is 0.0949. The first-order valence-corrected chi connectivity index (χ1v) is 6.77. The molecule has 0 aliphatic rings. The predicted octanol–water partition coefficient (Wildman–Crippen LogP) is 3.27. The quantitative estimate of drug-likeness (QED) is 0.876. The first-order chi connectivity index (χ1) is 9.69. The maximum absolute atomic E-state index is 11.9. The van der Waals surface area contributed by atoms with Crippen molar-refractivity contribution in [1.29, 1.82) is 0 Å². The minimum Gasteiger partial charge on any atom is -0.355 e. The second-order valence-electron chi connectivity index (χ2n) is 4.68. The van der Waals surface area contributed by atoms with Gasteiger partial charge in [-0.1, -0.05) is 24.6 Å². The van der Waals surface area contributed by atoms with Crippen molar-refractivity contribution in [3.63, 3.8) is 0 Å². The Morgan fingerprint density at radius 1 is 1.15 bits per heavy atom. The fraction of sp³-hybridized carbons (Fsp3) is 0.250. The van der Waals surface area contributed by atoms with E-state index in [0.29, 0.717) is 12.2 Å². The van der Waals surface area contributed by atoms with Crippen LogP contribution in [0.1, 0.15) is 29.4 Å². The lowest BCUT2D eigenvalue weighted by Crippen LogP contribution is -2.24. The number of hydrogen-bond acceptors (Lipinski definition) is 3. The molecule has 1 aromatic heterocycles. The first kappa shape index (κ1) is 14.1. The summed E-state index contributed by atoms with van der Waals surface area (Å²) in [5, 5.41) is 6.08. The van der Waals surface area contributed by atoms with Gasteiger partial charge < -0.3 is 10.6 Å². The van der Waals surface area contributed by atoms with E-state index in [0.717, 1.165) is 17.8 Å². The van der Waals surface area contributed by atoms with Gasteiger partial charge in [0.25, 0.3) is 5.91 Å². The van der Waals surface area contributed by atoms with Crippen molar-refractivity contribution in [2.75, 3.05) is 11.9 Å². The fourth-order valence-electron chi connectivity index (χ4n) is 1.77. The van der Waals surface area contributed by atoms with E-state index in [-0.39, 0.29) is 5.91 Å². The molecule has 0 atom stereocenters. The van der Waals surface area contributed by atoms with Crippen molar-refractivity contribution in [3.8, 4) is 0 Å². The number of nitrogens with zero attached hydrogens (tertiary/aromatic N) is 1. The van der Waals surface area contributed by atoms with Crippen LogP contribution in [0.25, 0.3) is 0 Å². The van der Waals surface area contributed by atoms with Gasteiger partial charge in [-0.25, -0.2) is 0 Å². The van der Waals surface area contributed by atoms with E-state index >= 15 is 0 Å². The van der Waals surface area contributed by atoms with Crippen LogP contribution in [0.4, 0.5) is 11.4 Å². The van der Waals surface area contributed by atoms with Crippen molar-refractivity contribution < 1.29 is 4.79 Å². The molecule has 0 saturated carbocycles. The maximum Gasteiger partial charge on any atom is 0.269 e. The highest BCUT2D eigenvalue weighted by Gasteiger charge is 2.06. The van der Waals surface area contributed by atoms with Crippen LogP contribution in [-0.4, -0.2) is 17.4 Å². The molecule has 1 heterocycles. The largest absolute Gasteiger partial charge is 0.355 e. The van der Waals surface area contributed by atoms with Crippen molar-refractivity contribution >= 4 is 17.3 Å². The number of aromatic nitrogens is 1. The average molecular weight is 269 g/mol. The number of anilines is 2. The zero-order valence-electron chi connectivity index (χ0n) is 11.8. The number of carbonyl (C=O) groups excluding carboxylic acids is 1. The van der Waals surface area contributed by atoms with Gasteiger partial charge in [0.05, 0.1) is 0 Å². The van der Waals surface area contributed by atoms with Crippen LogP contribution in [0.2, 0.25) is 0 Å². The molecule has 0 aliphatic heterocycles. The van der Waals surface area contributed by atoms with E-state index in [1.165, 1.54) is 5.56 Å². The molecular weight excluding hydrogens is 250 g/mol. The maximum atomic E-state index is 11.9. The standard InChI is InChI=1S/C16H19N3O/c1-3-9-18-16(20)15-11-14(8-10-17-15)19-13-6-4-12(2)5-7-13/h4-8,10-11H,3,9H2,1-2H3,(H,17,19)(H,18,20). The van der Waals surface area contributed by atoms with Gasteiger partial charge in [-0.3, -0.25) is 9.78 Å². The summed E-state index contributed by atoms with van der Waals surface area (Å²) in [6.07, 6.45) is 2.55. The van der Waals surface area contributed by atoms with Crippen molar-refractivity contribution in [1.82, 2.24) is 10.3 Å². The molecule has 0 spiro atoms. The molecular formula is C16H19N3O. The molecule has 0 saturated heterocycles. The molecule has 2 rings (SSSR count). The number of benzene rings is 1. The van der Waals surface area contributed by atoms with Gasteiger partial charge in [-0.15, -0.1) is 0 Å². The summed E-state index contributed by atoms with van der Waals surface area (Å²) in [5.41, 5.74) is 3.48. The van der Waals surface area contributed by atoms with E-state index in [1.54, 1.807) is 12.3 Å². The molecule has 104 valence electrons. The second kappa shape index (κ2) is 6.70. The van der Waals surface area contributed by atoms with Crippen LogP contribution in [0.5, 0.6) is 0 Å². The normalized spacial score (nSPS) is 10.1. The summed E-state index contributed by atoms with van der Waals surface area (Å²) >= 11 is 0. The average Bonchev–Trinajstić information content (AvgIpc) is 2.47. The van der Waals surface area contributed by atoms with Crippen LogP contribution in [0.3, 0.4) is 0 Å². The van der Waals surface area contributed by atoms with Gasteiger partial charge in [-0.2, -0.15) is 0 Å². The molecule has 0 bridgehead atoms. The Balaban J connectivity index is 2.09. The third kappa shape index (κ3) is 3.82. The first-order valence-electron chi connectivity index (χ1n) is 6.77. The highest BCUT2D eigenvalue weighted by atomic mass is 16.1. The van der Waals surface area contributed by atoms with E-state index in [9.17, 15) is 4.79 Å². The van der Waals surface area contributed by atoms with Gasteiger partial charge in [0.15, 0.2) is 0 Å². The molecule has 2 aromatic rings. The smallest absolute Gasteiger partial charge is 0.269 e. The number of nitrogens with one attached hydrogen (secondary N) is 2. The zero-order chi connectivity index (χ0) is 14.4. The Morgan fingerprint density at radius 3 is 2.60 bits per heavy atom. The van der Waals surface area contributed by atoms with Gasteiger partial charge >= 0.3 is 0 Å². The van der Waals surface area contributed by atoms with Crippen molar-refractivity contribution in [2.45, 2.75) is 20.3 Å². The highest BCUT2D eigenvalue weighted by Crippen LogP contribution is 2.17. The summed E-state index contributed by atoms with van der Waals surface area (Å²) < 4.78 is 0. The zero-order valence-corrected chi connectivity index (χ0v) is 11.8. The van der Waals surface area contributed by atoms with Gasteiger partial charge in [0.2, 0.25) is 0 Å². The minimum atomic E-state index is -0.139. The van der Waals surface area contributed by atoms with Crippen LogP contribution in [0, 0.1) is 6.92 Å². The van der Waals surface area contributed by atoms with E-state index in [4.69, 9.17) is 0 Å². The molecule has 0 fully saturated rings. The number of aryl methyl sites for hydroxylation is 1. The number of hydrogen-bond donors (Lipinski definition) is 2. The van der Waals surface area contributed by atoms with Crippen molar-refractivity contribution in [3.05, 3.63) is 53.9 Å². The molecule has 4 heteroatoms. The van der Waals surface area contributed by atoms with Gasteiger partial charge in [0.1, 0.15) is 5.69 Å². The van der Waals surface area contributed by atoms with Crippen LogP contribution in [-0.2, 0) is 0 Å². The monoisotopic (exact) mass is 269 g/mol. The SMILES string of the molecule is CCCNC(=O)c1cc(Nc2ccc(C)cc2)ccn1. The Labute approximate surface area is 119 Å². The molecule has 1 aromatic carbocycles. The molecule has 1 amide bonds. The van der Waals surface area contributed by atoms with Crippen LogP contribution < -0.4 is 10.6 Å². The van der Waals surface area contributed by atoms with E-state index < -0.39 is 0 Å². The molecule has 0 unspecified atom stereocenters. The summed E-state index contributed by atoms with van der Waals surface area (Å²) in [4.78, 5) is 15.9. The predicted molar refractivity (Wildman–Crippen MR) is 81.3 cm³/mol. The fourth-order valence-corrected chi connectivity index (χ4v) is 1.77. The van der Waals surface area contributed by atoms with Crippen LogP contribution in [0.15, 0.2) is 42.6 Å². The van der Waals surface area contributed by atoms with Gasteiger partial charge in [0, 0.05) is 24.1 Å². The number of carbonyl (C=O) groups is 1. The Kier molecular flexibility index (Phi) is 4.71. The molecule has 20 heavy (non-hydrogen) atoms. The summed E-state index contributed by atoms with van der Waals surface area (Å²) in [5.74, 6) is -0.139. The van der Waals surface area contributed by atoms with Crippen LogP contribution >= 0.6 is 0 Å². The molecule has 2 N–H and O–H groups in total. The summed E-state index contributed by atoms with van der Waals surface area (Å²) in [6, 6.07) is 11.7. The molecule has 4 nitrogen and oxygen atoms in total. The Morgan fingerprint density at radius 2 is 1.90 bits per heavy atom. The number of pyridine rings is 1. The van der Waals surface area contributed by atoms with Gasteiger partial charge in [-0.05, 0) is 37.6 Å². The Hall–Kier alpha value is -2.36. The van der Waals surface area contributed by atoms with E-state index in [1.807, 2.05) is 44.2 Å². The third-order valence-electron chi connectivity index (χ3n) is 2.87. The molecule has 0 radical (unpaired) electrons. The lowest BCUT2D eigenvalue weighted by atomic mass is 10.2. The number of rotatable bonds is 5. The van der Waals surface area contributed by atoms with Crippen molar-refractivity contribution in [2.24, 2.45) is 0 Å². The third-order valence-corrected chi connectivity index (χ3v) is 2.87. The number of amides is 1. The molecule has 0 aliphatic carbocycles. The second-order valence-corrected chi connectivity index (χ2v) is 4.68. The Bertz CT molecular complexity index is 579. The summed E-state index contributed by atoms with van der Waals surface area (Å²) in [7, 11) is 0. The minimum absolute atomic E-state index is 0.139. The topological polar surface area (TPSA) is 54.0 Å².